The van der Waals surface area contributed by atoms with Gasteiger partial charge in [-0.1, -0.05) is 67.1 Å². The Morgan fingerprint density at radius 1 is 0.976 bits per heavy atom. The Bertz CT molecular complexity index is 1400. The molecule has 1 atom stereocenters. The van der Waals surface area contributed by atoms with Gasteiger partial charge in [0.1, 0.15) is 11.8 Å². The highest BCUT2D eigenvalue weighted by Gasteiger charge is 2.30. The van der Waals surface area contributed by atoms with E-state index >= 15 is 0 Å². The van der Waals surface area contributed by atoms with Crippen molar-refractivity contribution in [1.82, 2.24) is 10.2 Å². The van der Waals surface area contributed by atoms with Gasteiger partial charge in [0.05, 0.1) is 19.1 Å². The number of carbonyl (C=O) groups is 2. The number of methoxy groups -OCH3 is 1. The number of sulfonamides is 1. The van der Waals surface area contributed by atoms with Gasteiger partial charge in [-0.05, 0) is 54.3 Å². The van der Waals surface area contributed by atoms with Gasteiger partial charge in [0.15, 0.2) is 0 Å². The quantitative estimate of drug-likeness (QED) is 0.263. The molecule has 3 rings (SSSR count). The highest BCUT2D eigenvalue weighted by Crippen LogP contribution is 2.23. The molecule has 0 unspecified atom stereocenters. The van der Waals surface area contributed by atoms with Crippen molar-refractivity contribution in [2.75, 3.05) is 30.8 Å². The number of halogens is 1. The predicted molar refractivity (Wildman–Crippen MR) is 164 cm³/mol. The summed E-state index contributed by atoms with van der Waals surface area (Å²) >= 11 is 6.10. The molecule has 0 aliphatic carbocycles. The number of nitrogens with one attached hydrogen (secondary N) is 1. The number of rotatable bonds is 15. The van der Waals surface area contributed by atoms with E-state index in [1.807, 2.05) is 61.5 Å². The van der Waals surface area contributed by atoms with Crippen molar-refractivity contribution in [1.29, 1.82) is 0 Å². The molecule has 220 valence electrons. The van der Waals surface area contributed by atoms with Crippen LogP contribution in [0.5, 0.6) is 5.75 Å². The number of benzene rings is 3. The third-order valence-corrected chi connectivity index (χ3v) is 7.98. The van der Waals surface area contributed by atoms with Gasteiger partial charge in [0, 0.05) is 37.5 Å². The minimum atomic E-state index is -3.62. The first kappa shape index (κ1) is 32.0. The van der Waals surface area contributed by atoms with Crippen molar-refractivity contribution in [2.45, 2.75) is 45.2 Å². The Morgan fingerprint density at radius 3 is 2.34 bits per heavy atom. The number of ether oxygens (including phenoxy) is 1. The fourth-order valence-electron chi connectivity index (χ4n) is 4.52. The lowest BCUT2D eigenvalue weighted by molar-refractivity contribution is -0.141. The maximum Gasteiger partial charge on any atom is 0.243 e. The first-order valence-electron chi connectivity index (χ1n) is 13.6. The summed E-state index contributed by atoms with van der Waals surface area (Å²) < 4.78 is 31.8. The van der Waals surface area contributed by atoms with Gasteiger partial charge < -0.3 is 15.0 Å². The molecule has 0 saturated heterocycles. The first-order valence-corrected chi connectivity index (χ1v) is 15.8. The smallest absolute Gasteiger partial charge is 0.243 e. The van der Waals surface area contributed by atoms with Gasteiger partial charge in [-0.15, -0.1) is 0 Å². The average Bonchev–Trinajstić information content (AvgIpc) is 2.95. The number of carbonyl (C=O) groups excluding carboxylic acids is 2. The third-order valence-electron chi connectivity index (χ3n) is 6.56. The van der Waals surface area contributed by atoms with Gasteiger partial charge in [-0.25, -0.2) is 8.42 Å². The van der Waals surface area contributed by atoms with E-state index in [2.05, 4.69) is 5.32 Å². The largest absolute Gasteiger partial charge is 0.497 e. The summed E-state index contributed by atoms with van der Waals surface area (Å²) in [7, 11) is -2.04. The molecule has 0 aliphatic rings. The van der Waals surface area contributed by atoms with Gasteiger partial charge in [0.2, 0.25) is 21.8 Å². The van der Waals surface area contributed by atoms with Gasteiger partial charge >= 0.3 is 0 Å². The van der Waals surface area contributed by atoms with E-state index in [9.17, 15) is 18.0 Å². The number of anilines is 1. The minimum Gasteiger partial charge on any atom is -0.497 e. The van der Waals surface area contributed by atoms with E-state index in [4.69, 9.17) is 16.3 Å². The van der Waals surface area contributed by atoms with E-state index in [-0.39, 0.29) is 37.7 Å². The Labute approximate surface area is 248 Å². The summed E-state index contributed by atoms with van der Waals surface area (Å²) in [6.07, 6.45) is 2.52. The second kappa shape index (κ2) is 15.4. The van der Waals surface area contributed by atoms with Crippen molar-refractivity contribution in [3.8, 4) is 5.75 Å². The zero-order valence-corrected chi connectivity index (χ0v) is 25.3. The number of amides is 2. The van der Waals surface area contributed by atoms with Crippen LogP contribution in [0.15, 0.2) is 78.9 Å². The lowest BCUT2D eigenvalue weighted by Gasteiger charge is -2.32. The highest BCUT2D eigenvalue weighted by molar-refractivity contribution is 7.92. The molecular weight excluding hydrogens is 562 g/mol. The van der Waals surface area contributed by atoms with Crippen LogP contribution in [0.25, 0.3) is 0 Å². The number of nitrogens with zero attached hydrogens (tertiary/aromatic N) is 2. The molecule has 10 heteroatoms. The molecule has 41 heavy (non-hydrogen) atoms. The standard InChI is InChI=1S/C31H38ClN3O5S/c1-4-18-33-31(37)29(21-24-11-6-5-7-12-24)34(23-25-13-8-16-28(20-25)40-2)30(36)17-10-19-35(41(3,38)39)27-15-9-14-26(32)22-27/h5-9,11-16,20,22,29H,4,10,17-19,21,23H2,1-3H3,(H,33,37)/t29-/m0/s1. The van der Waals surface area contributed by atoms with E-state index in [1.54, 1.807) is 36.3 Å². The summed E-state index contributed by atoms with van der Waals surface area (Å²) in [5, 5.41) is 3.38. The van der Waals surface area contributed by atoms with Crippen molar-refractivity contribution >= 4 is 39.1 Å². The van der Waals surface area contributed by atoms with Crippen molar-refractivity contribution in [2.24, 2.45) is 0 Å². The Hall–Kier alpha value is -3.56. The molecule has 0 aromatic heterocycles. The molecule has 0 heterocycles. The second-order valence-electron chi connectivity index (χ2n) is 9.79. The normalized spacial score (nSPS) is 11.9. The Kier molecular flexibility index (Phi) is 12.0. The van der Waals surface area contributed by atoms with Gasteiger partial charge in [0.25, 0.3) is 0 Å². The molecular formula is C31H38ClN3O5S. The van der Waals surface area contributed by atoms with Crippen molar-refractivity contribution in [3.63, 3.8) is 0 Å². The lowest BCUT2D eigenvalue weighted by atomic mass is 10.0. The molecule has 3 aromatic carbocycles. The Morgan fingerprint density at radius 2 is 1.68 bits per heavy atom. The van der Waals surface area contributed by atoms with E-state index in [0.717, 1.165) is 23.8 Å². The SMILES string of the molecule is CCCNC(=O)[C@H](Cc1ccccc1)N(Cc1cccc(OC)c1)C(=O)CCCN(c1cccc(Cl)c1)S(C)(=O)=O. The maximum absolute atomic E-state index is 13.9. The molecule has 0 fully saturated rings. The van der Waals surface area contributed by atoms with Crippen LogP contribution in [-0.4, -0.2) is 57.6 Å². The first-order chi connectivity index (χ1) is 19.6. The number of hydrogen-bond acceptors (Lipinski definition) is 5. The summed E-state index contributed by atoms with van der Waals surface area (Å²) in [6, 6.07) is 22.8. The van der Waals surface area contributed by atoms with Crippen LogP contribution in [0.1, 0.15) is 37.3 Å². The molecule has 0 saturated carbocycles. The molecule has 3 aromatic rings. The summed E-state index contributed by atoms with van der Waals surface area (Å²) in [4.78, 5) is 28.9. The fourth-order valence-corrected chi connectivity index (χ4v) is 5.66. The van der Waals surface area contributed by atoms with Crippen LogP contribution < -0.4 is 14.4 Å². The fraction of sp³-hybridized carbons (Fsp3) is 0.355. The number of hydrogen-bond donors (Lipinski definition) is 1. The average molecular weight is 600 g/mol. The molecule has 0 spiro atoms. The van der Waals surface area contributed by atoms with Gasteiger partial charge in [-0.3, -0.25) is 13.9 Å². The van der Waals surface area contributed by atoms with Crippen molar-refractivity contribution in [3.05, 3.63) is 95.0 Å². The van der Waals surface area contributed by atoms with Crippen LogP contribution in [-0.2, 0) is 32.6 Å². The van der Waals surface area contributed by atoms with Crippen LogP contribution in [0.3, 0.4) is 0 Å². The van der Waals surface area contributed by atoms with E-state index < -0.39 is 16.1 Å². The van der Waals surface area contributed by atoms with E-state index in [0.29, 0.717) is 29.4 Å². The lowest BCUT2D eigenvalue weighted by Crippen LogP contribution is -2.50. The Balaban J connectivity index is 1.89. The predicted octanol–water partition coefficient (Wildman–Crippen LogP) is 5.06. The van der Waals surface area contributed by atoms with Gasteiger partial charge in [-0.2, -0.15) is 0 Å². The van der Waals surface area contributed by atoms with Crippen LogP contribution in [0, 0.1) is 0 Å². The molecule has 2 amide bonds. The molecule has 1 N–H and O–H groups in total. The third kappa shape index (κ3) is 9.79. The zero-order chi connectivity index (χ0) is 29.8. The summed E-state index contributed by atoms with van der Waals surface area (Å²) in [5.41, 5.74) is 2.18. The molecule has 0 aliphatic heterocycles. The molecule has 8 nitrogen and oxygen atoms in total. The zero-order valence-electron chi connectivity index (χ0n) is 23.8. The van der Waals surface area contributed by atoms with E-state index in [1.165, 1.54) is 4.31 Å². The summed E-state index contributed by atoms with van der Waals surface area (Å²) in [5.74, 6) is 0.166. The highest BCUT2D eigenvalue weighted by atomic mass is 35.5. The molecule has 0 bridgehead atoms. The summed E-state index contributed by atoms with van der Waals surface area (Å²) in [6.45, 7) is 2.74. The maximum atomic E-state index is 13.9. The van der Waals surface area contributed by atoms with Crippen LogP contribution in [0.2, 0.25) is 5.02 Å². The topological polar surface area (TPSA) is 96.0 Å². The van der Waals surface area contributed by atoms with Crippen LogP contribution in [0.4, 0.5) is 5.69 Å². The van der Waals surface area contributed by atoms with Crippen LogP contribution >= 0.6 is 11.6 Å². The molecule has 0 radical (unpaired) electrons. The second-order valence-corrected chi connectivity index (χ2v) is 12.1. The van der Waals surface area contributed by atoms with Crippen molar-refractivity contribution < 1.29 is 22.7 Å². The minimum absolute atomic E-state index is 0.0445. The monoisotopic (exact) mass is 599 g/mol.